The van der Waals surface area contributed by atoms with Crippen LogP contribution in [-0.2, 0) is 16.6 Å². The lowest BCUT2D eigenvalue weighted by molar-refractivity contribution is 0.0940. The molecular weight excluding hydrogens is 408 g/mol. The van der Waals surface area contributed by atoms with Crippen LogP contribution < -0.4 is 9.62 Å². The molecule has 1 amide bonds. The summed E-state index contributed by atoms with van der Waals surface area (Å²) in [6.07, 6.45) is 1.21. The molecule has 0 saturated carbocycles. The maximum absolute atomic E-state index is 12.6. The van der Waals surface area contributed by atoms with Gasteiger partial charge in [0.2, 0.25) is 10.0 Å². The first-order valence-electron chi connectivity index (χ1n) is 10.2. The van der Waals surface area contributed by atoms with Gasteiger partial charge in [0, 0.05) is 5.56 Å². The van der Waals surface area contributed by atoms with E-state index in [1.54, 1.807) is 24.3 Å². The van der Waals surface area contributed by atoms with E-state index >= 15 is 0 Å². The molecule has 6 heteroatoms. The number of amides is 1. The summed E-state index contributed by atoms with van der Waals surface area (Å²) in [4.78, 5) is 12.6. The second-order valence-corrected chi connectivity index (χ2v) is 9.72. The number of rotatable bonds is 7. The molecule has 0 aliphatic heterocycles. The van der Waals surface area contributed by atoms with Crippen LogP contribution in [0.15, 0.2) is 72.8 Å². The average molecular weight is 437 g/mol. The molecule has 0 fully saturated rings. The number of nitrogens with one attached hydrogen (secondary N) is 1. The van der Waals surface area contributed by atoms with Gasteiger partial charge in [-0.2, -0.15) is 0 Å². The van der Waals surface area contributed by atoms with Gasteiger partial charge >= 0.3 is 0 Å². The van der Waals surface area contributed by atoms with Crippen LogP contribution in [0.5, 0.6) is 0 Å². The summed E-state index contributed by atoms with van der Waals surface area (Å²) in [6, 6.07) is 22.4. The molecule has 3 aromatic carbocycles. The molecule has 0 aromatic heterocycles. The minimum Gasteiger partial charge on any atom is -0.346 e. The van der Waals surface area contributed by atoms with Crippen LogP contribution in [0.25, 0.3) is 0 Å². The van der Waals surface area contributed by atoms with Gasteiger partial charge in [0.15, 0.2) is 0 Å². The molecule has 31 heavy (non-hydrogen) atoms. The Morgan fingerprint density at radius 3 is 2.03 bits per heavy atom. The van der Waals surface area contributed by atoms with Crippen LogP contribution in [0.3, 0.4) is 0 Å². The van der Waals surface area contributed by atoms with Crippen molar-refractivity contribution in [2.24, 2.45) is 0 Å². The maximum atomic E-state index is 12.6. The quantitative estimate of drug-likeness (QED) is 0.581. The molecule has 0 saturated heterocycles. The zero-order valence-corrected chi connectivity index (χ0v) is 19.1. The largest absolute Gasteiger partial charge is 0.346 e. The topological polar surface area (TPSA) is 66.5 Å². The van der Waals surface area contributed by atoms with E-state index in [2.05, 4.69) is 5.32 Å². The number of nitrogens with zero attached hydrogens (tertiary/aromatic N) is 1. The zero-order valence-electron chi connectivity index (χ0n) is 18.3. The van der Waals surface area contributed by atoms with Crippen LogP contribution in [0.4, 0.5) is 5.69 Å². The van der Waals surface area contributed by atoms with Crippen molar-refractivity contribution in [3.63, 3.8) is 0 Å². The van der Waals surface area contributed by atoms with Gasteiger partial charge in [0.05, 0.1) is 24.5 Å². The highest BCUT2D eigenvalue weighted by Crippen LogP contribution is 2.28. The fraction of sp³-hybridized carbons (Fsp3) is 0.240. The number of para-hydroxylation sites is 1. The first-order valence-corrected chi connectivity index (χ1v) is 12.0. The van der Waals surface area contributed by atoms with Crippen LogP contribution >= 0.6 is 0 Å². The normalized spacial score (nSPS) is 12.3. The molecule has 0 heterocycles. The van der Waals surface area contributed by atoms with E-state index in [1.165, 1.54) is 10.6 Å². The van der Waals surface area contributed by atoms with Crippen molar-refractivity contribution in [3.05, 3.63) is 101 Å². The van der Waals surface area contributed by atoms with E-state index in [-0.39, 0.29) is 18.5 Å². The minimum absolute atomic E-state index is 0.113. The molecule has 0 spiro atoms. The third-order valence-corrected chi connectivity index (χ3v) is 6.39. The molecule has 3 rings (SSSR count). The number of aryl methyl sites for hydroxylation is 2. The van der Waals surface area contributed by atoms with Crippen molar-refractivity contribution in [3.8, 4) is 0 Å². The van der Waals surface area contributed by atoms with Crippen LogP contribution in [0.2, 0.25) is 0 Å². The Hall–Kier alpha value is -3.12. The van der Waals surface area contributed by atoms with E-state index in [0.29, 0.717) is 11.3 Å². The molecule has 3 aromatic rings. The maximum Gasteiger partial charge on any atom is 0.251 e. The van der Waals surface area contributed by atoms with Crippen molar-refractivity contribution in [2.45, 2.75) is 33.4 Å². The number of hydrogen-bond donors (Lipinski definition) is 1. The Balaban J connectivity index is 1.78. The second kappa shape index (κ2) is 9.35. The Morgan fingerprint density at radius 1 is 0.903 bits per heavy atom. The lowest BCUT2D eigenvalue weighted by Gasteiger charge is -2.26. The van der Waals surface area contributed by atoms with E-state index in [0.717, 1.165) is 22.3 Å². The molecule has 0 aliphatic carbocycles. The fourth-order valence-electron chi connectivity index (χ4n) is 3.59. The summed E-state index contributed by atoms with van der Waals surface area (Å²) in [5.74, 6) is -0.169. The molecule has 0 unspecified atom stereocenters. The first kappa shape index (κ1) is 22.6. The number of anilines is 1. The van der Waals surface area contributed by atoms with Gasteiger partial charge < -0.3 is 5.32 Å². The van der Waals surface area contributed by atoms with E-state index in [4.69, 9.17) is 0 Å². The molecular formula is C25H28N2O3S. The van der Waals surface area contributed by atoms with Gasteiger partial charge in [-0.15, -0.1) is 0 Å². The summed E-state index contributed by atoms with van der Waals surface area (Å²) in [7, 11) is -3.48. The second-order valence-electron chi connectivity index (χ2n) is 7.81. The van der Waals surface area contributed by atoms with Crippen LogP contribution in [-0.4, -0.2) is 20.6 Å². The Labute approximate surface area is 184 Å². The van der Waals surface area contributed by atoms with Gasteiger partial charge in [-0.05, 0) is 55.2 Å². The molecule has 162 valence electrons. The predicted molar refractivity (Wildman–Crippen MR) is 126 cm³/mol. The Kier molecular flexibility index (Phi) is 6.81. The Morgan fingerprint density at radius 2 is 1.48 bits per heavy atom. The van der Waals surface area contributed by atoms with Gasteiger partial charge in [0.25, 0.3) is 5.91 Å². The summed E-state index contributed by atoms with van der Waals surface area (Å²) < 4.78 is 26.5. The predicted octanol–water partition coefficient (Wildman–Crippen LogP) is 4.76. The lowest BCUT2D eigenvalue weighted by Crippen LogP contribution is -2.30. The van der Waals surface area contributed by atoms with Crippen molar-refractivity contribution >= 4 is 21.6 Å². The summed E-state index contributed by atoms with van der Waals surface area (Å²) in [5, 5.41) is 2.99. The van der Waals surface area contributed by atoms with E-state index < -0.39 is 10.0 Å². The molecule has 1 N–H and O–H groups in total. The van der Waals surface area contributed by atoms with Crippen LogP contribution in [0, 0.1) is 13.8 Å². The minimum atomic E-state index is -3.48. The molecule has 0 aliphatic rings. The molecule has 0 radical (unpaired) electrons. The number of benzene rings is 3. The SMILES string of the molecule is Cc1cccc(C)c1N(Cc1ccc(C(=O)N[C@H](C)c2ccccc2)cc1)S(C)(=O)=O. The first-order chi connectivity index (χ1) is 14.7. The number of carbonyl (C=O) groups is 1. The highest BCUT2D eigenvalue weighted by Gasteiger charge is 2.21. The standard InChI is InChI=1S/C25H28N2O3S/c1-18-9-8-10-19(2)24(18)27(31(4,29)30)17-21-13-15-23(16-14-21)25(28)26-20(3)22-11-6-5-7-12-22/h5-16,20H,17H2,1-4H3,(H,26,28)/t20-/m1/s1. The van der Waals surface area contributed by atoms with E-state index in [9.17, 15) is 13.2 Å². The number of hydrogen-bond acceptors (Lipinski definition) is 3. The van der Waals surface area contributed by atoms with Gasteiger partial charge in [-0.3, -0.25) is 9.10 Å². The number of carbonyl (C=O) groups excluding carboxylic acids is 1. The highest BCUT2D eigenvalue weighted by molar-refractivity contribution is 7.92. The zero-order chi connectivity index (χ0) is 22.6. The van der Waals surface area contributed by atoms with Crippen molar-refractivity contribution in [1.29, 1.82) is 0 Å². The van der Waals surface area contributed by atoms with Crippen molar-refractivity contribution in [2.75, 3.05) is 10.6 Å². The van der Waals surface area contributed by atoms with Crippen LogP contribution in [0.1, 0.15) is 45.6 Å². The Bertz CT molecular complexity index is 1140. The number of sulfonamides is 1. The summed E-state index contributed by atoms with van der Waals surface area (Å²) in [5.41, 5.74) is 4.87. The smallest absolute Gasteiger partial charge is 0.251 e. The summed E-state index contributed by atoms with van der Waals surface area (Å²) in [6.45, 7) is 5.95. The fourth-order valence-corrected chi connectivity index (χ4v) is 4.60. The highest BCUT2D eigenvalue weighted by atomic mass is 32.2. The monoisotopic (exact) mass is 436 g/mol. The molecule has 0 bridgehead atoms. The average Bonchev–Trinajstić information content (AvgIpc) is 2.73. The summed E-state index contributed by atoms with van der Waals surface area (Å²) >= 11 is 0. The molecule has 5 nitrogen and oxygen atoms in total. The van der Waals surface area contributed by atoms with Crippen molar-refractivity contribution in [1.82, 2.24) is 5.32 Å². The van der Waals surface area contributed by atoms with Gasteiger partial charge in [-0.25, -0.2) is 8.42 Å². The van der Waals surface area contributed by atoms with Crippen molar-refractivity contribution < 1.29 is 13.2 Å². The third kappa shape index (κ3) is 5.52. The third-order valence-electron chi connectivity index (χ3n) is 5.28. The lowest BCUT2D eigenvalue weighted by atomic mass is 10.1. The van der Waals surface area contributed by atoms with Gasteiger partial charge in [0.1, 0.15) is 0 Å². The molecule has 1 atom stereocenters. The van der Waals surface area contributed by atoms with E-state index in [1.807, 2.05) is 69.3 Å². The van der Waals surface area contributed by atoms with Gasteiger partial charge in [-0.1, -0.05) is 60.7 Å².